The summed E-state index contributed by atoms with van der Waals surface area (Å²) >= 11 is 11.8. The summed E-state index contributed by atoms with van der Waals surface area (Å²) in [6.45, 7) is 0. The second-order valence-corrected chi connectivity index (χ2v) is 6.11. The second kappa shape index (κ2) is 6.99. The van der Waals surface area contributed by atoms with E-state index in [4.69, 9.17) is 23.2 Å². The van der Waals surface area contributed by atoms with Gasteiger partial charge < -0.3 is 5.32 Å². The molecule has 1 N–H and O–H groups in total. The van der Waals surface area contributed by atoms with Crippen molar-refractivity contribution in [2.24, 2.45) is 4.99 Å². The fourth-order valence-corrected chi connectivity index (χ4v) is 2.64. The average Bonchev–Trinajstić information content (AvgIpc) is 2.52. The van der Waals surface area contributed by atoms with Gasteiger partial charge in [-0.2, -0.15) is 0 Å². The van der Waals surface area contributed by atoms with Gasteiger partial charge in [0, 0.05) is 27.1 Å². The molecule has 4 heteroatoms. The molecule has 2 aromatic carbocycles. The summed E-state index contributed by atoms with van der Waals surface area (Å²) in [4.78, 5) is 4.69. The fourth-order valence-electron chi connectivity index (χ4n) is 2.39. The summed E-state index contributed by atoms with van der Waals surface area (Å²) in [5.41, 5.74) is 4.25. The SMILES string of the molecule is Clc1ccc(N=C2C=C(Nc3ccc(Cl)cc3)CCC2)cc1. The van der Waals surface area contributed by atoms with Gasteiger partial charge in [0.1, 0.15) is 0 Å². The summed E-state index contributed by atoms with van der Waals surface area (Å²) in [7, 11) is 0. The summed E-state index contributed by atoms with van der Waals surface area (Å²) < 4.78 is 0. The van der Waals surface area contributed by atoms with E-state index in [1.54, 1.807) is 0 Å². The van der Waals surface area contributed by atoms with Crippen LogP contribution in [0, 0.1) is 0 Å². The molecule has 2 nitrogen and oxygen atoms in total. The zero-order chi connectivity index (χ0) is 15.4. The number of nitrogens with zero attached hydrogens (tertiary/aromatic N) is 1. The van der Waals surface area contributed by atoms with Gasteiger partial charge >= 0.3 is 0 Å². The Bertz CT molecular complexity index is 701. The van der Waals surface area contributed by atoms with E-state index in [1.165, 1.54) is 5.70 Å². The van der Waals surface area contributed by atoms with Crippen molar-refractivity contribution in [2.45, 2.75) is 19.3 Å². The van der Waals surface area contributed by atoms with Gasteiger partial charge in [0.15, 0.2) is 0 Å². The molecule has 0 fully saturated rings. The van der Waals surface area contributed by atoms with Crippen molar-refractivity contribution in [3.63, 3.8) is 0 Å². The summed E-state index contributed by atoms with van der Waals surface area (Å²) in [5, 5.41) is 4.91. The molecular formula is C18H16Cl2N2. The van der Waals surface area contributed by atoms with E-state index in [9.17, 15) is 0 Å². The van der Waals surface area contributed by atoms with Gasteiger partial charge in [-0.3, -0.25) is 4.99 Å². The number of rotatable bonds is 3. The first-order valence-corrected chi connectivity index (χ1v) is 8.01. The van der Waals surface area contributed by atoms with E-state index in [0.717, 1.165) is 46.4 Å². The van der Waals surface area contributed by atoms with Gasteiger partial charge in [-0.15, -0.1) is 0 Å². The van der Waals surface area contributed by atoms with Crippen molar-refractivity contribution in [3.05, 3.63) is 70.3 Å². The number of hydrogen-bond acceptors (Lipinski definition) is 2. The molecule has 0 bridgehead atoms. The number of aliphatic imine (C=N–C) groups is 1. The molecule has 0 heterocycles. The van der Waals surface area contributed by atoms with Crippen molar-refractivity contribution in [2.75, 3.05) is 5.32 Å². The molecule has 0 spiro atoms. The number of allylic oxidation sites excluding steroid dienone is 2. The number of benzene rings is 2. The monoisotopic (exact) mass is 330 g/mol. The summed E-state index contributed by atoms with van der Waals surface area (Å²) in [5.74, 6) is 0. The Morgan fingerprint density at radius 1 is 0.818 bits per heavy atom. The first-order valence-electron chi connectivity index (χ1n) is 7.25. The minimum absolute atomic E-state index is 0.730. The van der Waals surface area contributed by atoms with Crippen LogP contribution < -0.4 is 5.32 Å². The van der Waals surface area contributed by atoms with E-state index in [-0.39, 0.29) is 0 Å². The van der Waals surface area contributed by atoms with Crippen molar-refractivity contribution in [1.29, 1.82) is 0 Å². The topological polar surface area (TPSA) is 24.4 Å². The van der Waals surface area contributed by atoms with E-state index < -0.39 is 0 Å². The molecule has 0 unspecified atom stereocenters. The Morgan fingerprint density at radius 3 is 2.14 bits per heavy atom. The third-order valence-electron chi connectivity index (χ3n) is 3.47. The van der Waals surface area contributed by atoms with Gasteiger partial charge in [0.05, 0.1) is 5.69 Å². The lowest BCUT2D eigenvalue weighted by Gasteiger charge is -2.16. The highest BCUT2D eigenvalue weighted by Crippen LogP contribution is 2.23. The maximum atomic E-state index is 5.91. The van der Waals surface area contributed by atoms with Crippen LogP contribution >= 0.6 is 23.2 Å². The van der Waals surface area contributed by atoms with Gasteiger partial charge in [-0.1, -0.05) is 23.2 Å². The lowest BCUT2D eigenvalue weighted by Crippen LogP contribution is -2.09. The van der Waals surface area contributed by atoms with Crippen LogP contribution in [0.3, 0.4) is 0 Å². The van der Waals surface area contributed by atoms with E-state index in [1.807, 2.05) is 48.5 Å². The summed E-state index contributed by atoms with van der Waals surface area (Å²) in [6.07, 6.45) is 5.25. The van der Waals surface area contributed by atoms with Crippen LogP contribution in [-0.4, -0.2) is 5.71 Å². The van der Waals surface area contributed by atoms with Crippen LogP contribution in [-0.2, 0) is 0 Å². The number of nitrogens with one attached hydrogen (secondary N) is 1. The molecule has 0 aliphatic heterocycles. The highest BCUT2D eigenvalue weighted by atomic mass is 35.5. The van der Waals surface area contributed by atoms with Crippen LogP contribution in [0.25, 0.3) is 0 Å². The first kappa shape index (κ1) is 15.1. The molecule has 112 valence electrons. The molecule has 0 aromatic heterocycles. The quantitative estimate of drug-likeness (QED) is 0.707. The maximum Gasteiger partial charge on any atom is 0.0634 e. The molecule has 0 atom stereocenters. The molecule has 1 aliphatic carbocycles. The zero-order valence-corrected chi connectivity index (χ0v) is 13.5. The highest BCUT2D eigenvalue weighted by molar-refractivity contribution is 6.30. The lowest BCUT2D eigenvalue weighted by molar-refractivity contribution is 0.839. The molecule has 22 heavy (non-hydrogen) atoms. The minimum Gasteiger partial charge on any atom is -0.359 e. The van der Waals surface area contributed by atoms with Crippen LogP contribution in [0.5, 0.6) is 0 Å². The van der Waals surface area contributed by atoms with Gasteiger partial charge in [0.2, 0.25) is 0 Å². The third kappa shape index (κ3) is 4.12. The highest BCUT2D eigenvalue weighted by Gasteiger charge is 2.09. The molecule has 2 aromatic rings. The van der Waals surface area contributed by atoms with Crippen molar-refractivity contribution in [3.8, 4) is 0 Å². The van der Waals surface area contributed by atoms with Crippen molar-refractivity contribution >= 4 is 40.3 Å². The predicted molar refractivity (Wildman–Crippen MR) is 95.6 cm³/mol. The average molecular weight is 331 g/mol. The van der Waals surface area contributed by atoms with Crippen LogP contribution in [0.4, 0.5) is 11.4 Å². The second-order valence-electron chi connectivity index (χ2n) is 5.23. The molecule has 0 amide bonds. The van der Waals surface area contributed by atoms with E-state index in [2.05, 4.69) is 16.4 Å². The van der Waals surface area contributed by atoms with Crippen molar-refractivity contribution in [1.82, 2.24) is 0 Å². The normalized spacial score (nSPS) is 16.5. The van der Waals surface area contributed by atoms with Crippen LogP contribution in [0.15, 0.2) is 65.3 Å². The van der Waals surface area contributed by atoms with Crippen LogP contribution in [0.2, 0.25) is 10.0 Å². The largest absolute Gasteiger partial charge is 0.359 e. The molecule has 0 saturated carbocycles. The van der Waals surface area contributed by atoms with Gasteiger partial charge in [0.25, 0.3) is 0 Å². The molecule has 1 aliphatic rings. The molecule has 3 rings (SSSR count). The Hall–Kier alpha value is -1.77. The van der Waals surface area contributed by atoms with Crippen LogP contribution in [0.1, 0.15) is 19.3 Å². The molecule has 0 radical (unpaired) electrons. The predicted octanol–water partition coefficient (Wildman–Crippen LogP) is 6.25. The lowest BCUT2D eigenvalue weighted by atomic mass is 10.0. The minimum atomic E-state index is 0.730. The molecule has 0 saturated heterocycles. The number of hydrogen-bond donors (Lipinski definition) is 1. The Kier molecular flexibility index (Phi) is 4.81. The van der Waals surface area contributed by atoms with Crippen molar-refractivity contribution < 1.29 is 0 Å². The fraction of sp³-hybridized carbons (Fsp3) is 0.167. The third-order valence-corrected chi connectivity index (χ3v) is 3.97. The van der Waals surface area contributed by atoms with E-state index in [0.29, 0.717) is 0 Å². The zero-order valence-electron chi connectivity index (χ0n) is 12.0. The number of halogens is 2. The molecular weight excluding hydrogens is 315 g/mol. The standard InChI is InChI=1S/C18H16Cl2N2/c19-13-4-8-15(9-5-13)21-17-2-1-3-18(12-17)22-16-10-6-14(20)7-11-16/h4-12,21H,1-3H2. The van der Waals surface area contributed by atoms with E-state index >= 15 is 0 Å². The Balaban J connectivity index is 1.76. The Morgan fingerprint density at radius 2 is 1.45 bits per heavy atom. The smallest absolute Gasteiger partial charge is 0.0634 e. The number of anilines is 1. The first-order chi connectivity index (χ1) is 10.7. The van der Waals surface area contributed by atoms with Gasteiger partial charge in [-0.25, -0.2) is 0 Å². The Labute approximate surface area is 140 Å². The maximum absolute atomic E-state index is 5.91. The van der Waals surface area contributed by atoms with Gasteiger partial charge in [-0.05, 0) is 73.9 Å². The summed E-state index contributed by atoms with van der Waals surface area (Å²) in [6, 6.07) is 15.3.